The van der Waals surface area contributed by atoms with Gasteiger partial charge in [-0.3, -0.25) is 24.1 Å². The third kappa shape index (κ3) is 6.94. The molecule has 3 rings (SSSR count). The Labute approximate surface area is 231 Å². The van der Waals surface area contributed by atoms with E-state index in [0.717, 1.165) is 16.2 Å². The van der Waals surface area contributed by atoms with Crippen molar-refractivity contribution < 1.29 is 43.4 Å². The first-order valence-electron chi connectivity index (χ1n) is 11.4. The fraction of sp³-hybridized carbons (Fsp3) is 0.435. The molecule has 1 aromatic heterocycles. The van der Waals surface area contributed by atoms with E-state index in [4.69, 9.17) is 19.9 Å². The summed E-state index contributed by atoms with van der Waals surface area (Å²) >= 11 is 2.29. The molecule has 0 radical (unpaired) electrons. The van der Waals surface area contributed by atoms with Gasteiger partial charge in [-0.1, -0.05) is 11.2 Å². The Morgan fingerprint density at radius 1 is 1.28 bits per heavy atom. The molecule has 0 aliphatic carbocycles. The molecule has 1 saturated heterocycles. The lowest BCUT2D eigenvalue weighted by Crippen LogP contribution is -2.71. The van der Waals surface area contributed by atoms with E-state index in [2.05, 4.69) is 15.5 Å². The summed E-state index contributed by atoms with van der Waals surface area (Å²) in [5.41, 5.74) is 4.65. The number of thioether (sulfide) groups is 1. The summed E-state index contributed by atoms with van der Waals surface area (Å²) in [4.78, 5) is 67.0. The Bertz CT molecular complexity index is 1260. The number of esters is 3. The molecule has 0 aromatic carbocycles. The molecule has 1 aromatic rings. The summed E-state index contributed by atoms with van der Waals surface area (Å²) < 4.78 is 15.0. The first kappa shape index (κ1) is 29.6. The molecule has 0 bridgehead atoms. The quantitative estimate of drug-likeness (QED) is 0.0925. The number of nitrogen functional groups attached to an aromatic ring is 1. The van der Waals surface area contributed by atoms with Gasteiger partial charge in [-0.15, -0.1) is 23.1 Å². The standard InChI is InChI=1S/C23H27N5O9S2/c1-11(29)35-7-5-6-12-8-38-19-15(26-17(30)14(27-34)13-9-39-22(24)25-13)18(31)28(19)16(12)20(32)36-10-37-21(33)23(2,3)4/h5-6,9,15,19,34H,7-8,10H2,1-4H3,(H2,24,25)(H,26,30)/b6-5-,27-14-/t15-,19+/m1/s1. The zero-order valence-corrected chi connectivity index (χ0v) is 23.1. The lowest BCUT2D eigenvalue weighted by atomic mass is 9.98. The van der Waals surface area contributed by atoms with Crippen LogP contribution in [0.25, 0.3) is 0 Å². The number of β-lactam (4-membered cyclic amide) rings is 1. The topological polar surface area (TPSA) is 200 Å². The highest BCUT2D eigenvalue weighted by molar-refractivity contribution is 8.00. The van der Waals surface area contributed by atoms with Gasteiger partial charge in [-0.25, -0.2) is 9.78 Å². The first-order chi connectivity index (χ1) is 18.3. The van der Waals surface area contributed by atoms with Crippen molar-refractivity contribution in [2.24, 2.45) is 10.6 Å². The normalized spacial score (nSPS) is 19.3. The number of nitrogens with two attached hydrogens (primary N) is 1. The van der Waals surface area contributed by atoms with Crippen molar-refractivity contribution in [3.63, 3.8) is 0 Å². The second kappa shape index (κ2) is 12.3. The summed E-state index contributed by atoms with van der Waals surface area (Å²) in [6.07, 6.45) is 3.02. The third-order valence-corrected chi connectivity index (χ3v) is 7.23. The SMILES string of the molecule is CC(=O)OC/C=C\C1=C(C(=O)OCOC(=O)C(C)(C)C)N2C(=O)[C@@H](NC(=O)/C(=N\O)c3csc(N)n3)[C@@H]2SC1. The maximum Gasteiger partial charge on any atom is 0.358 e. The third-order valence-electron chi connectivity index (χ3n) is 5.25. The second-order valence-electron chi connectivity index (χ2n) is 9.19. The molecule has 210 valence electrons. The largest absolute Gasteiger partial charge is 0.462 e. The van der Waals surface area contributed by atoms with E-state index in [1.165, 1.54) is 36.2 Å². The first-order valence-corrected chi connectivity index (χ1v) is 13.3. The molecule has 2 aliphatic heterocycles. The number of carbonyl (C=O) groups is 5. The molecule has 3 heterocycles. The molecule has 16 heteroatoms. The molecule has 14 nitrogen and oxygen atoms in total. The predicted octanol–water partition coefficient (Wildman–Crippen LogP) is 0.767. The van der Waals surface area contributed by atoms with E-state index in [-0.39, 0.29) is 28.9 Å². The molecular formula is C23H27N5O9S2. The fourth-order valence-corrected chi connectivity index (χ4v) is 5.22. The number of nitrogens with zero attached hydrogens (tertiary/aromatic N) is 3. The van der Waals surface area contributed by atoms with Gasteiger partial charge in [0.2, 0.25) is 6.79 Å². The zero-order chi connectivity index (χ0) is 28.9. The number of ether oxygens (including phenoxy) is 3. The summed E-state index contributed by atoms with van der Waals surface area (Å²) in [5.74, 6) is -3.27. The van der Waals surface area contributed by atoms with Crippen LogP contribution in [0, 0.1) is 5.41 Å². The number of fused-ring (bicyclic) bond motifs is 1. The van der Waals surface area contributed by atoms with Crippen molar-refractivity contribution >= 4 is 63.7 Å². The number of allylic oxidation sites excluding steroid dienone is 1. The van der Waals surface area contributed by atoms with Gasteiger partial charge in [-0.05, 0) is 32.4 Å². The van der Waals surface area contributed by atoms with E-state index in [1.807, 2.05) is 0 Å². The maximum atomic E-state index is 13.1. The van der Waals surface area contributed by atoms with Gasteiger partial charge in [0.15, 0.2) is 10.8 Å². The minimum absolute atomic E-state index is 0.0339. The van der Waals surface area contributed by atoms with Crippen molar-refractivity contribution in [3.8, 4) is 0 Å². The molecule has 0 saturated carbocycles. The van der Waals surface area contributed by atoms with Gasteiger partial charge < -0.3 is 30.5 Å². The summed E-state index contributed by atoms with van der Waals surface area (Å²) in [6.45, 7) is 5.43. The second-order valence-corrected chi connectivity index (χ2v) is 11.2. The Morgan fingerprint density at radius 2 is 2.00 bits per heavy atom. The minimum Gasteiger partial charge on any atom is -0.462 e. The average molecular weight is 582 g/mol. The van der Waals surface area contributed by atoms with Crippen LogP contribution in [0.3, 0.4) is 0 Å². The van der Waals surface area contributed by atoms with Crippen LogP contribution in [0.15, 0.2) is 34.0 Å². The van der Waals surface area contributed by atoms with Gasteiger partial charge in [0.25, 0.3) is 11.8 Å². The highest BCUT2D eigenvalue weighted by atomic mass is 32.2. The number of hydrogen-bond acceptors (Lipinski definition) is 14. The van der Waals surface area contributed by atoms with Crippen molar-refractivity contribution in [1.82, 2.24) is 15.2 Å². The molecule has 39 heavy (non-hydrogen) atoms. The molecule has 2 aliphatic rings. The summed E-state index contributed by atoms with van der Waals surface area (Å²) in [5, 5.41) is 15.7. The Kier molecular flexibility index (Phi) is 9.34. The Hall–Kier alpha value is -3.92. The van der Waals surface area contributed by atoms with E-state index in [1.54, 1.807) is 20.8 Å². The van der Waals surface area contributed by atoms with Crippen molar-refractivity contribution in [3.05, 3.63) is 34.5 Å². The predicted molar refractivity (Wildman–Crippen MR) is 139 cm³/mol. The number of thiazole rings is 1. The van der Waals surface area contributed by atoms with E-state index in [9.17, 15) is 29.2 Å². The van der Waals surface area contributed by atoms with Crippen LogP contribution >= 0.6 is 23.1 Å². The Balaban J connectivity index is 1.77. The van der Waals surface area contributed by atoms with Gasteiger partial charge in [0.1, 0.15) is 29.4 Å². The number of hydrogen-bond donors (Lipinski definition) is 3. The number of anilines is 1. The van der Waals surface area contributed by atoms with Gasteiger partial charge in [0, 0.05) is 18.1 Å². The molecule has 0 spiro atoms. The lowest BCUT2D eigenvalue weighted by Gasteiger charge is -2.49. The summed E-state index contributed by atoms with van der Waals surface area (Å²) in [6, 6.07) is -1.05. The lowest BCUT2D eigenvalue weighted by molar-refractivity contribution is -0.173. The van der Waals surface area contributed by atoms with Crippen LogP contribution in [-0.4, -0.2) is 81.1 Å². The number of aromatic nitrogens is 1. The van der Waals surface area contributed by atoms with Gasteiger partial charge in [0.05, 0.1) is 5.41 Å². The number of rotatable bonds is 9. The number of nitrogens with one attached hydrogen (secondary N) is 1. The molecular weight excluding hydrogens is 554 g/mol. The van der Waals surface area contributed by atoms with Crippen LogP contribution in [-0.2, 0) is 38.2 Å². The maximum absolute atomic E-state index is 13.1. The molecule has 2 atom stereocenters. The van der Waals surface area contributed by atoms with Crippen molar-refractivity contribution in [2.75, 3.05) is 24.9 Å². The van der Waals surface area contributed by atoms with Crippen LogP contribution in [0.5, 0.6) is 0 Å². The number of oxime groups is 1. The van der Waals surface area contributed by atoms with Crippen LogP contribution in [0.1, 0.15) is 33.4 Å². The highest BCUT2D eigenvalue weighted by Gasteiger charge is 2.54. The monoisotopic (exact) mass is 581 g/mol. The van der Waals surface area contributed by atoms with E-state index in [0.29, 0.717) is 5.57 Å². The highest BCUT2D eigenvalue weighted by Crippen LogP contribution is 2.41. The van der Waals surface area contributed by atoms with E-state index < -0.39 is 59.1 Å². The molecule has 0 unspecified atom stereocenters. The average Bonchev–Trinajstić information content (AvgIpc) is 3.29. The Morgan fingerprint density at radius 3 is 2.59 bits per heavy atom. The van der Waals surface area contributed by atoms with Crippen molar-refractivity contribution in [1.29, 1.82) is 0 Å². The molecule has 4 N–H and O–H groups in total. The van der Waals surface area contributed by atoms with Crippen LogP contribution in [0.4, 0.5) is 5.13 Å². The fourth-order valence-electron chi connectivity index (χ4n) is 3.36. The van der Waals surface area contributed by atoms with E-state index >= 15 is 0 Å². The van der Waals surface area contributed by atoms with Gasteiger partial charge >= 0.3 is 17.9 Å². The zero-order valence-electron chi connectivity index (χ0n) is 21.5. The summed E-state index contributed by atoms with van der Waals surface area (Å²) in [7, 11) is 0. The van der Waals surface area contributed by atoms with Gasteiger partial charge in [-0.2, -0.15) is 0 Å². The number of carbonyl (C=O) groups excluding carboxylic acids is 5. The van der Waals surface area contributed by atoms with Crippen LogP contribution in [0.2, 0.25) is 0 Å². The number of amides is 2. The smallest absolute Gasteiger partial charge is 0.358 e. The van der Waals surface area contributed by atoms with Crippen LogP contribution < -0.4 is 11.1 Å². The molecule has 1 fully saturated rings. The molecule has 2 amide bonds. The van der Waals surface area contributed by atoms with Crippen molar-refractivity contribution in [2.45, 2.75) is 39.1 Å². The minimum atomic E-state index is -1.05.